The predicted octanol–water partition coefficient (Wildman–Crippen LogP) is 3.42. The lowest BCUT2D eigenvalue weighted by atomic mass is 9.93. The van der Waals surface area contributed by atoms with Crippen LogP contribution in [0.4, 0.5) is 0 Å². The Hall–Kier alpha value is -0.570. The summed E-state index contributed by atoms with van der Waals surface area (Å²) in [6.07, 6.45) is 6.26. The fourth-order valence-corrected chi connectivity index (χ4v) is 2.68. The van der Waals surface area contributed by atoms with Crippen molar-refractivity contribution in [1.29, 1.82) is 0 Å². The van der Waals surface area contributed by atoms with Crippen LogP contribution in [0.25, 0.3) is 0 Å². The Balaban J connectivity index is 1.79. The van der Waals surface area contributed by atoms with E-state index in [4.69, 9.17) is 22.1 Å². The van der Waals surface area contributed by atoms with Gasteiger partial charge in [0, 0.05) is 11.6 Å². The van der Waals surface area contributed by atoms with Crippen molar-refractivity contribution in [1.82, 2.24) is 0 Å². The predicted molar refractivity (Wildman–Crippen MR) is 75.9 cm³/mol. The molecule has 0 aromatic heterocycles. The zero-order valence-electron chi connectivity index (χ0n) is 10.8. The molecule has 0 aliphatic carbocycles. The minimum Gasteiger partial charge on any atom is -0.378 e. The average Bonchev–Trinajstić information content (AvgIpc) is 2.90. The molecular formula is C15H22ClNO. The highest BCUT2D eigenvalue weighted by Gasteiger charge is 2.17. The van der Waals surface area contributed by atoms with Gasteiger partial charge < -0.3 is 10.5 Å². The third-order valence-corrected chi connectivity index (χ3v) is 3.94. The highest BCUT2D eigenvalue weighted by molar-refractivity contribution is 6.30. The number of hydrogen-bond donors (Lipinski definition) is 1. The van der Waals surface area contributed by atoms with E-state index in [2.05, 4.69) is 12.1 Å². The molecule has 1 aliphatic rings. The summed E-state index contributed by atoms with van der Waals surface area (Å²) in [4.78, 5) is 0. The van der Waals surface area contributed by atoms with Gasteiger partial charge in [0.25, 0.3) is 0 Å². The van der Waals surface area contributed by atoms with Gasteiger partial charge in [-0.05, 0) is 62.3 Å². The minimum absolute atomic E-state index is 0.476. The maximum atomic E-state index is 5.89. The Kier molecular flexibility index (Phi) is 5.48. The molecule has 1 aromatic carbocycles. The summed E-state index contributed by atoms with van der Waals surface area (Å²) in [5, 5.41) is 0.794. The van der Waals surface area contributed by atoms with E-state index in [1.165, 1.54) is 18.4 Å². The Labute approximate surface area is 114 Å². The standard InChI is InChI=1S/C15H22ClNO/c16-14-6-3-12(4-7-14)10-13(11-17)5-8-15-2-1-9-18-15/h3-4,6-7,13,15H,1-2,5,8-11,17H2. The van der Waals surface area contributed by atoms with Gasteiger partial charge in [-0.15, -0.1) is 0 Å². The summed E-state index contributed by atoms with van der Waals surface area (Å²) in [7, 11) is 0. The molecule has 2 unspecified atom stereocenters. The van der Waals surface area contributed by atoms with Crippen molar-refractivity contribution in [3.05, 3.63) is 34.9 Å². The van der Waals surface area contributed by atoms with E-state index in [-0.39, 0.29) is 0 Å². The Bertz CT molecular complexity index is 346. The van der Waals surface area contributed by atoms with Crippen molar-refractivity contribution >= 4 is 11.6 Å². The topological polar surface area (TPSA) is 35.2 Å². The Morgan fingerprint density at radius 2 is 2.11 bits per heavy atom. The van der Waals surface area contributed by atoms with Gasteiger partial charge in [0.2, 0.25) is 0 Å². The van der Waals surface area contributed by atoms with Crippen LogP contribution in [0.3, 0.4) is 0 Å². The van der Waals surface area contributed by atoms with Crippen molar-refractivity contribution < 1.29 is 4.74 Å². The molecule has 2 rings (SSSR count). The van der Waals surface area contributed by atoms with Crippen LogP contribution in [0.2, 0.25) is 5.02 Å². The SMILES string of the molecule is NCC(CCC1CCCO1)Cc1ccc(Cl)cc1. The van der Waals surface area contributed by atoms with Gasteiger partial charge in [0.1, 0.15) is 0 Å². The number of hydrogen-bond acceptors (Lipinski definition) is 2. The van der Waals surface area contributed by atoms with Gasteiger partial charge in [0.15, 0.2) is 0 Å². The normalized spacial score (nSPS) is 21.1. The lowest BCUT2D eigenvalue weighted by molar-refractivity contribution is 0.0983. The van der Waals surface area contributed by atoms with Crippen molar-refractivity contribution in [2.45, 2.75) is 38.2 Å². The fourth-order valence-electron chi connectivity index (χ4n) is 2.55. The molecule has 2 nitrogen and oxygen atoms in total. The smallest absolute Gasteiger partial charge is 0.0576 e. The van der Waals surface area contributed by atoms with Gasteiger partial charge in [-0.2, -0.15) is 0 Å². The van der Waals surface area contributed by atoms with Gasteiger partial charge >= 0.3 is 0 Å². The van der Waals surface area contributed by atoms with Crippen LogP contribution in [-0.4, -0.2) is 19.3 Å². The molecule has 2 atom stereocenters. The molecular weight excluding hydrogens is 246 g/mol. The lowest BCUT2D eigenvalue weighted by Gasteiger charge is -2.17. The number of ether oxygens (including phenoxy) is 1. The summed E-state index contributed by atoms with van der Waals surface area (Å²) in [6, 6.07) is 8.09. The molecule has 0 saturated carbocycles. The van der Waals surface area contributed by atoms with E-state index in [1.807, 2.05) is 12.1 Å². The fraction of sp³-hybridized carbons (Fsp3) is 0.600. The molecule has 1 fully saturated rings. The molecule has 0 radical (unpaired) electrons. The number of halogens is 1. The zero-order valence-corrected chi connectivity index (χ0v) is 11.5. The van der Waals surface area contributed by atoms with E-state index in [0.717, 1.165) is 37.4 Å². The van der Waals surface area contributed by atoms with Crippen molar-refractivity contribution in [2.75, 3.05) is 13.2 Å². The van der Waals surface area contributed by atoms with Crippen LogP contribution in [0.1, 0.15) is 31.2 Å². The van der Waals surface area contributed by atoms with E-state index in [0.29, 0.717) is 12.0 Å². The molecule has 1 heterocycles. The largest absolute Gasteiger partial charge is 0.378 e. The van der Waals surface area contributed by atoms with Crippen LogP contribution < -0.4 is 5.73 Å². The second kappa shape index (κ2) is 7.13. The second-order valence-electron chi connectivity index (χ2n) is 5.14. The van der Waals surface area contributed by atoms with E-state index >= 15 is 0 Å². The van der Waals surface area contributed by atoms with Crippen molar-refractivity contribution in [2.24, 2.45) is 11.7 Å². The maximum absolute atomic E-state index is 5.89. The molecule has 2 N–H and O–H groups in total. The molecule has 0 amide bonds. The van der Waals surface area contributed by atoms with Gasteiger partial charge in [0.05, 0.1) is 6.10 Å². The van der Waals surface area contributed by atoms with E-state index in [9.17, 15) is 0 Å². The molecule has 3 heteroatoms. The monoisotopic (exact) mass is 267 g/mol. The average molecular weight is 268 g/mol. The third kappa shape index (κ3) is 4.27. The number of rotatable bonds is 6. The van der Waals surface area contributed by atoms with Crippen LogP contribution in [-0.2, 0) is 11.2 Å². The first kappa shape index (κ1) is 13.9. The second-order valence-corrected chi connectivity index (χ2v) is 5.58. The van der Waals surface area contributed by atoms with Crippen molar-refractivity contribution in [3.8, 4) is 0 Å². The third-order valence-electron chi connectivity index (χ3n) is 3.69. The quantitative estimate of drug-likeness (QED) is 0.857. The highest BCUT2D eigenvalue weighted by atomic mass is 35.5. The summed E-state index contributed by atoms with van der Waals surface area (Å²) in [5.74, 6) is 0.551. The van der Waals surface area contributed by atoms with Gasteiger partial charge in [-0.3, -0.25) is 0 Å². The van der Waals surface area contributed by atoms with Gasteiger partial charge in [-0.25, -0.2) is 0 Å². The molecule has 100 valence electrons. The molecule has 0 spiro atoms. The van der Waals surface area contributed by atoms with Crippen LogP contribution >= 0.6 is 11.6 Å². The van der Waals surface area contributed by atoms with Crippen LogP contribution in [0.15, 0.2) is 24.3 Å². The summed E-state index contributed by atoms with van der Waals surface area (Å²) < 4.78 is 5.66. The summed E-state index contributed by atoms with van der Waals surface area (Å²) >= 11 is 5.89. The number of nitrogens with two attached hydrogens (primary N) is 1. The maximum Gasteiger partial charge on any atom is 0.0576 e. The zero-order chi connectivity index (χ0) is 12.8. The minimum atomic E-state index is 0.476. The highest BCUT2D eigenvalue weighted by Crippen LogP contribution is 2.21. The molecule has 0 bridgehead atoms. The first-order chi connectivity index (χ1) is 8.78. The Morgan fingerprint density at radius 1 is 1.33 bits per heavy atom. The summed E-state index contributed by atoms with van der Waals surface area (Å²) in [6.45, 7) is 1.69. The van der Waals surface area contributed by atoms with Gasteiger partial charge in [-0.1, -0.05) is 23.7 Å². The lowest BCUT2D eigenvalue weighted by Crippen LogP contribution is -2.19. The molecule has 1 saturated heterocycles. The van der Waals surface area contributed by atoms with Crippen LogP contribution in [0, 0.1) is 5.92 Å². The molecule has 18 heavy (non-hydrogen) atoms. The first-order valence-corrected chi connectivity index (χ1v) is 7.22. The van der Waals surface area contributed by atoms with E-state index < -0.39 is 0 Å². The molecule has 1 aliphatic heterocycles. The van der Waals surface area contributed by atoms with Crippen LogP contribution in [0.5, 0.6) is 0 Å². The Morgan fingerprint density at radius 3 is 2.72 bits per heavy atom. The summed E-state index contributed by atoms with van der Waals surface area (Å²) in [5.41, 5.74) is 7.19. The van der Waals surface area contributed by atoms with E-state index in [1.54, 1.807) is 0 Å². The first-order valence-electron chi connectivity index (χ1n) is 6.84. The molecule has 1 aromatic rings. The van der Waals surface area contributed by atoms with Crippen molar-refractivity contribution in [3.63, 3.8) is 0 Å². The number of benzene rings is 1.